The summed E-state index contributed by atoms with van der Waals surface area (Å²) in [6.07, 6.45) is 3.64. The number of carboxylic acids is 1. The average molecular weight is 292 g/mol. The normalized spacial score (nSPS) is 13.7. The molecule has 8 heteroatoms. The Bertz CT molecular complexity index is 645. The molecule has 0 radical (unpaired) electrons. The van der Waals surface area contributed by atoms with Gasteiger partial charge in [-0.15, -0.1) is 0 Å². The Labute approximate surface area is 120 Å². The minimum atomic E-state index is -1.38. The first-order chi connectivity index (χ1) is 9.91. The molecule has 0 bridgehead atoms. The van der Waals surface area contributed by atoms with E-state index in [1.165, 1.54) is 17.8 Å². The number of hydrogen-bond acceptors (Lipinski definition) is 4. The van der Waals surface area contributed by atoms with Gasteiger partial charge in [-0.2, -0.15) is 5.10 Å². The Kier molecular flexibility index (Phi) is 4.08. The van der Waals surface area contributed by atoms with Gasteiger partial charge in [-0.25, -0.2) is 4.79 Å². The van der Waals surface area contributed by atoms with E-state index in [1.807, 2.05) is 0 Å². The van der Waals surface area contributed by atoms with Gasteiger partial charge in [0.1, 0.15) is 11.4 Å². The summed E-state index contributed by atoms with van der Waals surface area (Å²) < 4.78 is 3.20. The predicted molar refractivity (Wildman–Crippen MR) is 73.1 cm³/mol. The number of aliphatic hydroxyl groups is 1. The van der Waals surface area contributed by atoms with Crippen molar-refractivity contribution in [2.45, 2.75) is 19.1 Å². The van der Waals surface area contributed by atoms with Crippen molar-refractivity contribution in [3.63, 3.8) is 0 Å². The highest BCUT2D eigenvalue weighted by Crippen LogP contribution is 2.14. The summed E-state index contributed by atoms with van der Waals surface area (Å²) in [4.78, 5) is 23.3. The molecule has 0 aromatic carbocycles. The number of carbonyl (C=O) groups excluding carboxylic acids is 1. The fourth-order valence-electron chi connectivity index (χ4n) is 1.98. The summed E-state index contributed by atoms with van der Waals surface area (Å²) in [5.74, 6) is -1.41. The monoisotopic (exact) mass is 292 g/mol. The van der Waals surface area contributed by atoms with E-state index in [-0.39, 0.29) is 5.56 Å². The van der Waals surface area contributed by atoms with Crippen LogP contribution in [0.25, 0.3) is 5.82 Å². The smallest absolute Gasteiger partial charge is 0.328 e. The second-order valence-corrected chi connectivity index (χ2v) is 4.63. The molecular weight excluding hydrogens is 276 g/mol. The van der Waals surface area contributed by atoms with Gasteiger partial charge < -0.3 is 20.1 Å². The van der Waals surface area contributed by atoms with Crippen molar-refractivity contribution in [3.05, 3.63) is 36.3 Å². The van der Waals surface area contributed by atoms with Crippen LogP contribution in [0.1, 0.15) is 17.3 Å². The summed E-state index contributed by atoms with van der Waals surface area (Å²) in [6.45, 7) is 1.30. The van der Waals surface area contributed by atoms with Crippen LogP contribution >= 0.6 is 0 Å². The van der Waals surface area contributed by atoms with Crippen molar-refractivity contribution in [2.75, 3.05) is 0 Å². The third-order valence-corrected chi connectivity index (χ3v) is 3.04. The van der Waals surface area contributed by atoms with Gasteiger partial charge in [0, 0.05) is 19.4 Å². The number of amides is 1. The van der Waals surface area contributed by atoms with Crippen molar-refractivity contribution in [2.24, 2.45) is 7.05 Å². The SMILES string of the molecule is C[C@@H](O)[C@H](NC(=O)c1cnn(C)c1-n1cccc1)C(=O)O. The molecule has 2 atom stereocenters. The van der Waals surface area contributed by atoms with Gasteiger partial charge in [-0.1, -0.05) is 0 Å². The van der Waals surface area contributed by atoms with Crippen LogP contribution in [-0.4, -0.2) is 48.6 Å². The van der Waals surface area contributed by atoms with Crippen LogP contribution in [0.5, 0.6) is 0 Å². The van der Waals surface area contributed by atoms with Crippen LogP contribution in [0, 0.1) is 0 Å². The standard InChI is InChI=1S/C13H16N4O4/c1-8(18)10(13(20)21)15-11(19)9-7-14-16(2)12(9)17-5-3-4-6-17/h3-8,10,18H,1-2H3,(H,15,19)(H,20,21)/t8-,10+/m1/s1. The summed E-state index contributed by atoms with van der Waals surface area (Å²) in [7, 11) is 1.68. The first-order valence-electron chi connectivity index (χ1n) is 6.29. The number of carboxylic acid groups (broad SMARTS) is 1. The lowest BCUT2D eigenvalue weighted by Gasteiger charge is -2.17. The number of aliphatic hydroxyl groups excluding tert-OH is 1. The Balaban J connectivity index is 2.31. The van der Waals surface area contributed by atoms with Gasteiger partial charge in [0.25, 0.3) is 5.91 Å². The van der Waals surface area contributed by atoms with Crippen LogP contribution < -0.4 is 5.32 Å². The van der Waals surface area contributed by atoms with Crippen LogP contribution in [0.4, 0.5) is 0 Å². The molecule has 0 unspecified atom stereocenters. The summed E-state index contributed by atoms with van der Waals surface area (Å²) in [5.41, 5.74) is 0.223. The third-order valence-electron chi connectivity index (χ3n) is 3.04. The van der Waals surface area contributed by atoms with E-state index in [0.717, 1.165) is 0 Å². The summed E-state index contributed by atoms with van der Waals surface area (Å²) in [6, 6.07) is 2.21. The van der Waals surface area contributed by atoms with Crippen molar-refractivity contribution >= 4 is 11.9 Å². The quantitative estimate of drug-likeness (QED) is 0.705. The van der Waals surface area contributed by atoms with Gasteiger partial charge in [-0.3, -0.25) is 9.48 Å². The molecule has 0 aliphatic rings. The average Bonchev–Trinajstić information content (AvgIpc) is 3.03. The molecule has 112 valence electrons. The molecule has 0 spiro atoms. The van der Waals surface area contributed by atoms with E-state index in [0.29, 0.717) is 5.82 Å². The first-order valence-corrected chi connectivity index (χ1v) is 6.29. The number of aryl methyl sites for hydroxylation is 1. The van der Waals surface area contributed by atoms with E-state index in [9.17, 15) is 14.7 Å². The number of nitrogens with one attached hydrogen (secondary N) is 1. The zero-order chi connectivity index (χ0) is 15.6. The van der Waals surface area contributed by atoms with E-state index in [4.69, 9.17) is 5.11 Å². The zero-order valence-corrected chi connectivity index (χ0v) is 11.6. The van der Waals surface area contributed by atoms with Gasteiger partial charge >= 0.3 is 5.97 Å². The molecule has 0 aliphatic heterocycles. The third kappa shape index (κ3) is 2.95. The molecule has 0 aliphatic carbocycles. The molecule has 0 fully saturated rings. The Hall–Kier alpha value is -2.61. The van der Waals surface area contributed by atoms with Crippen LogP contribution in [0.3, 0.4) is 0 Å². The molecule has 2 aromatic heterocycles. The summed E-state index contributed by atoms with van der Waals surface area (Å²) >= 11 is 0. The number of aliphatic carboxylic acids is 1. The fourth-order valence-corrected chi connectivity index (χ4v) is 1.98. The fraction of sp³-hybridized carbons (Fsp3) is 0.308. The lowest BCUT2D eigenvalue weighted by Crippen LogP contribution is -2.47. The molecule has 0 saturated carbocycles. The van der Waals surface area contributed by atoms with Crippen LogP contribution in [0.2, 0.25) is 0 Å². The number of rotatable bonds is 5. The number of aromatic nitrogens is 3. The maximum absolute atomic E-state index is 12.2. The highest BCUT2D eigenvalue weighted by atomic mass is 16.4. The molecular formula is C13H16N4O4. The maximum atomic E-state index is 12.2. The van der Waals surface area contributed by atoms with E-state index in [1.54, 1.807) is 36.1 Å². The maximum Gasteiger partial charge on any atom is 0.328 e. The number of hydrogen-bond donors (Lipinski definition) is 3. The van der Waals surface area contributed by atoms with Crippen molar-refractivity contribution in [3.8, 4) is 5.82 Å². The van der Waals surface area contributed by atoms with E-state index < -0.39 is 24.0 Å². The largest absolute Gasteiger partial charge is 0.480 e. The minimum Gasteiger partial charge on any atom is -0.480 e. The van der Waals surface area contributed by atoms with Crippen molar-refractivity contribution in [1.29, 1.82) is 0 Å². The molecule has 3 N–H and O–H groups in total. The molecule has 8 nitrogen and oxygen atoms in total. The van der Waals surface area contributed by atoms with E-state index >= 15 is 0 Å². The van der Waals surface area contributed by atoms with Gasteiger partial charge in [0.05, 0.1) is 12.3 Å². The second kappa shape index (κ2) is 5.80. The zero-order valence-electron chi connectivity index (χ0n) is 11.6. The number of carbonyl (C=O) groups is 2. The minimum absolute atomic E-state index is 0.223. The van der Waals surface area contributed by atoms with Crippen LogP contribution in [0.15, 0.2) is 30.7 Å². The van der Waals surface area contributed by atoms with Crippen molar-refractivity contribution < 1.29 is 19.8 Å². The van der Waals surface area contributed by atoms with Crippen LogP contribution in [-0.2, 0) is 11.8 Å². The Morgan fingerprint density at radius 2 is 1.95 bits per heavy atom. The second-order valence-electron chi connectivity index (χ2n) is 4.63. The Morgan fingerprint density at radius 3 is 2.48 bits per heavy atom. The molecule has 0 saturated heterocycles. The molecule has 21 heavy (non-hydrogen) atoms. The molecule has 2 rings (SSSR count). The van der Waals surface area contributed by atoms with Gasteiger partial charge in [0.2, 0.25) is 0 Å². The lowest BCUT2D eigenvalue weighted by molar-refractivity contribution is -0.141. The Morgan fingerprint density at radius 1 is 1.33 bits per heavy atom. The summed E-state index contributed by atoms with van der Waals surface area (Å²) in [5, 5.41) is 24.7. The first kappa shape index (κ1) is 14.8. The number of nitrogens with zero attached hydrogens (tertiary/aromatic N) is 3. The highest BCUT2D eigenvalue weighted by molar-refractivity contribution is 5.99. The van der Waals surface area contributed by atoms with Gasteiger partial charge in [-0.05, 0) is 19.1 Å². The van der Waals surface area contributed by atoms with E-state index in [2.05, 4.69) is 10.4 Å². The molecule has 2 aromatic rings. The molecule has 2 heterocycles. The van der Waals surface area contributed by atoms with Crippen molar-refractivity contribution in [1.82, 2.24) is 19.7 Å². The predicted octanol–water partition coefficient (Wildman–Crippen LogP) is -0.225. The lowest BCUT2D eigenvalue weighted by atomic mass is 10.1. The topological polar surface area (TPSA) is 109 Å². The van der Waals surface area contributed by atoms with Gasteiger partial charge in [0.15, 0.2) is 6.04 Å². The molecule has 1 amide bonds. The highest BCUT2D eigenvalue weighted by Gasteiger charge is 2.27.